The van der Waals surface area contributed by atoms with Gasteiger partial charge in [0.15, 0.2) is 10.8 Å². The van der Waals surface area contributed by atoms with Gasteiger partial charge in [0.25, 0.3) is 30.4 Å². The third kappa shape index (κ3) is 9.47. The zero-order chi connectivity index (χ0) is 38.0. The van der Waals surface area contributed by atoms with Gasteiger partial charge in [-0.15, -0.1) is 0 Å². The lowest BCUT2D eigenvalue weighted by molar-refractivity contribution is -0.438. The molecule has 4 rings (SSSR count). The molecule has 0 aliphatic carbocycles. The Balaban J connectivity index is 1.56. The lowest BCUT2D eigenvalue weighted by Gasteiger charge is -2.25. The number of carbonyl (C=O) groups is 1. The summed E-state index contributed by atoms with van der Waals surface area (Å²) in [6, 6.07) is 9.17. The summed E-state index contributed by atoms with van der Waals surface area (Å²) < 4.78 is 99.7. The number of likely N-dealkylation sites (N-methyl/N-ethyl adjacent to an activating group) is 1. The summed E-state index contributed by atoms with van der Waals surface area (Å²) >= 11 is 0.886. The normalized spacial score (nSPS) is 18.0. The van der Waals surface area contributed by atoms with Crippen molar-refractivity contribution in [2.24, 2.45) is 0 Å². The molecule has 0 radical (unpaired) electrons. The van der Waals surface area contributed by atoms with Gasteiger partial charge in [-0.3, -0.25) is 18.5 Å². The van der Waals surface area contributed by atoms with Gasteiger partial charge < -0.3 is 4.90 Å². The van der Waals surface area contributed by atoms with E-state index in [4.69, 9.17) is 4.55 Å². The number of fused-ring (bicyclic) bond motifs is 2. The Morgan fingerprint density at radius 3 is 2.06 bits per heavy atom. The second-order valence-corrected chi connectivity index (χ2v) is 19.0. The average Bonchev–Trinajstić information content (AvgIpc) is 3.36. The molecule has 2 aromatic rings. The molecule has 0 bridgehead atoms. The first-order valence-electron chi connectivity index (χ1n) is 16.4. The summed E-state index contributed by atoms with van der Waals surface area (Å²) in [5.41, 5.74) is 3.88. The maximum atomic E-state index is 12.1. The fourth-order valence-corrected chi connectivity index (χ4v) is 9.32. The lowest BCUT2D eigenvalue weighted by Crippen LogP contribution is -2.28. The molecule has 2 aromatic carbocycles. The molecule has 278 valence electrons. The molecule has 12 nitrogen and oxygen atoms in total. The Morgan fingerprint density at radius 1 is 0.824 bits per heavy atom. The number of benzene rings is 2. The number of anilines is 1. The molecule has 2 aliphatic rings. The van der Waals surface area contributed by atoms with E-state index in [0.717, 1.165) is 45.7 Å². The Bertz CT molecular complexity index is 2150. The van der Waals surface area contributed by atoms with Gasteiger partial charge in [-0.2, -0.15) is 29.8 Å². The molecule has 0 saturated heterocycles. The number of hydrogen-bond donors (Lipinski definition) is 3. The molecular weight excluding hydrogens is 737 g/mol. The van der Waals surface area contributed by atoms with E-state index >= 15 is 0 Å². The number of rotatable bonds is 15. The first kappa shape index (κ1) is 40.6. The summed E-state index contributed by atoms with van der Waals surface area (Å²) in [6.07, 6.45) is 11.9. The van der Waals surface area contributed by atoms with Crippen LogP contribution in [-0.2, 0) is 46.0 Å². The summed E-state index contributed by atoms with van der Waals surface area (Å²) in [4.78, 5) is 13.9. The van der Waals surface area contributed by atoms with E-state index in [1.54, 1.807) is 12.1 Å². The molecule has 51 heavy (non-hydrogen) atoms. The van der Waals surface area contributed by atoms with Crippen molar-refractivity contribution in [1.29, 1.82) is 0 Å². The van der Waals surface area contributed by atoms with E-state index < -0.39 is 46.9 Å². The van der Waals surface area contributed by atoms with Crippen LogP contribution < -0.4 is 4.90 Å². The second kappa shape index (κ2) is 15.5. The fourth-order valence-electron chi connectivity index (χ4n) is 6.62. The van der Waals surface area contributed by atoms with Crippen LogP contribution >= 0.6 is 11.8 Å². The molecule has 3 N–H and O–H groups in total. The number of nitrogens with zero attached hydrogens (tertiary/aromatic N) is 2. The van der Waals surface area contributed by atoms with Crippen molar-refractivity contribution in [1.82, 2.24) is 0 Å². The standard InChI is InChI=1S/C35H44N2O10S4/c1-6-36-29-18-16-25(50(42,43)44)23-27(29)34(2,3)31(36)13-9-7-10-14-32-35(4,5)28-24-26(51(45,46)47)17-19-30(28)37(32)20-12-8-11-15-33(38)48-21-22-49(39,40)41/h7,9-10,13-14,16-19,23-24H,6,8,11-12,15,20-22H2,1-5H3,(H2-,39,40,41,42,43,44,45,46,47)/p+1. The molecule has 16 heteroatoms. The molecule has 2 heterocycles. The van der Waals surface area contributed by atoms with Gasteiger partial charge in [0.2, 0.25) is 5.69 Å². The fraction of sp³-hybridized carbons (Fsp3) is 0.429. The highest BCUT2D eigenvalue weighted by atomic mass is 32.2. The molecule has 2 aliphatic heterocycles. The van der Waals surface area contributed by atoms with Crippen molar-refractivity contribution < 1.29 is 48.3 Å². The largest absolute Gasteiger partial charge is 0.344 e. The Kier molecular flexibility index (Phi) is 12.3. The smallest absolute Gasteiger partial charge is 0.294 e. The molecule has 0 unspecified atom stereocenters. The average molecular weight is 782 g/mol. The van der Waals surface area contributed by atoms with Crippen LogP contribution in [-0.4, -0.2) is 78.9 Å². The van der Waals surface area contributed by atoms with E-state index in [9.17, 15) is 39.2 Å². The highest BCUT2D eigenvalue weighted by molar-refractivity contribution is 8.14. The van der Waals surface area contributed by atoms with E-state index in [1.807, 2.05) is 65.0 Å². The first-order chi connectivity index (χ1) is 23.6. The van der Waals surface area contributed by atoms with Crippen molar-refractivity contribution in [2.45, 2.75) is 80.9 Å². The first-order valence-corrected chi connectivity index (χ1v) is 21.9. The third-order valence-corrected chi connectivity index (χ3v) is 12.8. The Hall–Kier alpha value is -3.12. The predicted molar refractivity (Wildman–Crippen MR) is 200 cm³/mol. The number of thioether (sulfide) groups is 1. The SMILES string of the molecule is CCN1\C(=C/C=C/C=C/C2=[N+](CCCCCC(=O)SCCS(=O)(=O)O)c3ccc(S(=O)(=O)O)cc3C2(C)C)C(C)(C)c2cc(S(=O)(=O)O)ccc21. The van der Waals surface area contributed by atoms with Gasteiger partial charge in [0.1, 0.15) is 6.54 Å². The molecule has 0 aromatic heterocycles. The number of allylic oxidation sites excluding steroid dienone is 6. The van der Waals surface area contributed by atoms with Crippen molar-refractivity contribution >= 4 is 64.3 Å². The van der Waals surface area contributed by atoms with Crippen LogP contribution in [0.4, 0.5) is 11.4 Å². The second-order valence-electron chi connectivity index (χ2n) is 13.5. The van der Waals surface area contributed by atoms with Crippen LogP contribution in [0.1, 0.15) is 71.4 Å². The minimum absolute atomic E-state index is 0.000766. The molecule has 0 fully saturated rings. The van der Waals surface area contributed by atoms with Gasteiger partial charge in [-0.1, -0.05) is 43.8 Å². The van der Waals surface area contributed by atoms with Crippen LogP contribution in [0.3, 0.4) is 0 Å². The third-order valence-electron chi connectivity index (χ3n) is 9.24. The van der Waals surface area contributed by atoms with Gasteiger partial charge in [-0.25, -0.2) is 0 Å². The zero-order valence-corrected chi connectivity index (χ0v) is 32.5. The topological polar surface area (TPSA) is 186 Å². The maximum absolute atomic E-state index is 12.1. The number of hydrogen-bond acceptors (Lipinski definition) is 9. The van der Waals surface area contributed by atoms with Crippen LogP contribution in [0.15, 0.2) is 82.3 Å². The van der Waals surface area contributed by atoms with Crippen LogP contribution in [0.25, 0.3) is 0 Å². The van der Waals surface area contributed by atoms with Crippen molar-refractivity contribution in [3.63, 3.8) is 0 Å². The van der Waals surface area contributed by atoms with Crippen molar-refractivity contribution in [3.05, 3.63) is 83.6 Å². The monoisotopic (exact) mass is 781 g/mol. The number of carbonyl (C=O) groups excluding carboxylic acids is 1. The van der Waals surface area contributed by atoms with E-state index in [2.05, 4.69) is 9.48 Å². The van der Waals surface area contributed by atoms with Crippen molar-refractivity contribution in [3.8, 4) is 0 Å². The summed E-state index contributed by atoms with van der Waals surface area (Å²) in [6.45, 7) is 11.2. The highest BCUT2D eigenvalue weighted by Gasteiger charge is 2.45. The molecule has 0 atom stereocenters. The van der Waals surface area contributed by atoms with Gasteiger partial charge in [0, 0.05) is 59.6 Å². The summed E-state index contributed by atoms with van der Waals surface area (Å²) in [5, 5.41) is -0.143. The van der Waals surface area contributed by atoms with Crippen molar-refractivity contribution in [2.75, 3.05) is 29.5 Å². The highest BCUT2D eigenvalue weighted by Crippen LogP contribution is 2.48. The Morgan fingerprint density at radius 2 is 1.45 bits per heavy atom. The lowest BCUT2D eigenvalue weighted by atomic mass is 9.81. The minimum atomic E-state index is -4.43. The molecular formula is C35H45N2O10S4+. The van der Waals surface area contributed by atoms with E-state index in [-0.39, 0.29) is 27.1 Å². The van der Waals surface area contributed by atoms with Gasteiger partial charge >= 0.3 is 0 Å². The number of unbranched alkanes of at least 4 members (excludes halogenated alkanes) is 2. The van der Waals surface area contributed by atoms with Gasteiger partial charge in [-0.05, 0) is 75.6 Å². The summed E-state index contributed by atoms with van der Waals surface area (Å²) in [5.74, 6) is -0.477. The molecule has 0 spiro atoms. The Labute approximate surface area is 305 Å². The molecule has 0 saturated carbocycles. The summed E-state index contributed by atoms with van der Waals surface area (Å²) in [7, 11) is -12.9. The minimum Gasteiger partial charge on any atom is -0.344 e. The predicted octanol–water partition coefficient (Wildman–Crippen LogP) is 6.08. The zero-order valence-electron chi connectivity index (χ0n) is 29.2. The molecule has 0 amide bonds. The van der Waals surface area contributed by atoms with Crippen LogP contribution in [0.2, 0.25) is 0 Å². The van der Waals surface area contributed by atoms with Gasteiger partial charge in [0.05, 0.1) is 21.0 Å². The van der Waals surface area contributed by atoms with Crippen LogP contribution in [0, 0.1) is 0 Å². The van der Waals surface area contributed by atoms with E-state index in [0.29, 0.717) is 32.4 Å². The van der Waals surface area contributed by atoms with E-state index in [1.165, 1.54) is 24.3 Å². The van der Waals surface area contributed by atoms with Crippen LogP contribution in [0.5, 0.6) is 0 Å². The maximum Gasteiger partial charge on any atom is 0.294 e. The quantitative estimate of drug-likeness (QED) is 0.0820.